The van der Waals surface area contributed by atoms with Crippen molar-refractivity contribution in [2.75, 3.05) is 38.5 Å². The molecule has 5 fully saturated rings. The molecule has 0 spiro atoms. The van der Waals surface area contributed by atoms with E-state index >= 15 is 0 Å². The number of nitrogens with zero attached hydrogens (tertiary/aromatic N) is 5. The van der Waals surface area contributed by atoms with Gasteiger partial charge in [0.1, 0.15) is 11.6 Å². The van der Waals surface area contributed by atoms with Gasteiger partial charge in [-0.1, -0.05) is 0 Å². The van der Waals surface area contributed by atoms with Crippen LogP contribution in [-0.2, 0) is 5.54 Å². The Balaban J connectivity index is 1.17. The number of anilines is 1. The molecule has 9 heteroatoms. The minimum atomic E-state index is -4.11. The van der Waals surface area contributed by atoms with Crippen molar-refractivity contribution in [1.82, 2.24) is 24.3 Å². The third-order valence-corrected chi connectivity index (χ3v) is 8.02. The van der Waals surface area contributed by atoms with E-state index < -0.39 is 12.7 Å². The van der Waals surface area contributed by atoms with Gasteiger partial charge in [-0.2, -0.15) is 13.2 Å². The highest BCUT2D eigenvalue weighted by Gasteiger charge is 2.71. The van der Waals surface area contributed by atoms with Gasteiger partial charge in [-0.05, 0) is 50.7 Å². The Morgan fingerprint density at radius 1 is 1.09 bits per heavy atom. The third kappa shape index (κ3) is 3.23. The van der Waals surface area contributed by atoms with E-state index in [2.05, 4.69) is 26.7 Å². The molecule has 2 aromatic rings. The molecule has 1 aliphatic heterocycles. The van der Waals surface area contributed by atoms with Crippen molar-refractivity contribution in [2.24, 2.45) is 0 Å². The zero-order valence-electron chi connectivity index (χ0n) is 18.3. The van der Waals surface area contributed by atoms with E-state index in [0.717, 1.165) is 49.2 Å². The largest absolute Gasteiger partial charge is 0.401 e. The first-order chi connectivity index (χ1) is 15.2. The van der Waals surface area contributed by atoms with Crippen LogP contribution in [0.1, 0.15) is 49.4 Å². The van der Waals surface area contributed by atoms with Crippen LogP contribution in [-0.4, -0.2) is 68.8 Å². The van der Waals surface area contributed by atoms with Crippen molar-refractivity contribution in [3.05, 3.63) is 29.8 Å². The van der Waals surface area contributed by atoms with Crippen molar-refractivity contribution in [2.45, 2.75) is 62.2 Å². The fourth-order valence-electron chi connectivity index (χ4n) is 6.18. The standard InChI is InChI=1S/C23H29F3N6/c1-15-8-17(9-28-19(15)27)18-10-32(20(29-18)16-2-3-16)22-11-21(12-22,13-22)31-6-4-30(5-7-31)14-23(24,25)26/h8-10,16H,2-7,11-14H2,1H3,(H2,27,28). The number of nitrogen functional groups attached to an aromatic ring is 1. The van der Waals surface area contributed by atoms with Crippen molar-refractivity contribution in [1.29, 1.82) is 0 Å². The van der Waals surface area contributed by atoms with Crippen molar-refractivity contribution < 1.29 is 13.2 Å². The molecule has 0 unspecified atom stereocenters. The molecule has 7 rings (SSSR count). The number of hydrogen-bond donors (Lipinski definition) is 1. The van der Waals surface area contributed by atoms with Crippen molar-refractivity contribution in [3.63, 3.8) is 0 Å². The molecule has 2 aromatic heterocycles. The lowest BCUT2D eigenvalue weighted by molar-refractivity contribution is -0.218. The molecular weight excluding hydrogens is 417 g/mol. The van der Waals surface area contributed by atoms with Gasteiger partial charge >= 0.3 is 6.18 Å². The second-order valence-corrected chi connectivity index (χ2v) is 10.4. The van der Waals surface area contributed by atoms with Gasteiger partial charge in [-0.15, -0.1) is 0 Å². The normalized spacial score (nSPS) is 30.8. The molecule has 0 aromatic carbocycles. The lowest BCUT2D eigenvalue weighted by atomic mass is 9.43. The number of alkyl halides is 3. The minimum Gasteiger partial charge on any atom is -0.383 e. The number of halogens is 3. The zero-order chi connectivity index (χ0) is 22.3. The molecule has 2 bridgehead atoms. The molecule has 4 saturated carbocycles. The Morgan fingerprint density at radius 2 is 1.78 bits per heavy atom. The van der Waals surface area contributed by atoms with Gasteiger partial charge < -0.3 is 10.3 Å². The molecule has 32 heavy (non-hydrogen) atoms. The predicted molar refractivity (Wildman–Crippen MR) is 115 cm³/mol. The lowest BCUT2D eigenvalue weighted by Gasteiger charge is -2.75. The van der Waals surface area contributed by atoms with E-state index in [9.17, 15) is 13.2 Å². The Kier molecular flexibility index (Phi) is 4.28. The van der Waals surface area contributed by atoms with E-state index in [1.54, 1.807) is 6.20 Å². The first-order valence-corrected chi connectivity index (χ1v) is 11.5. The van der Waals surface area contributed by atoms with E-state index in [1.165, 1.54) is 23.6 Å². The average Bonchev–Trinajstić information content (AvgIpc) is 3.42. The number of imidazole rings is 1. The quantitative estimate of drug-likeness (QED) is 0.762. The second kappa shape index (κ2) is 6.70. The molecule has 2 N–H and O–H groups in total. The number of aromatic nitrogens is 3. The highest BCUT2D eigenvalue weighted by molar-refractivity contribution is 5.61. The number of pyridine rings is 1. The van der Waals surface area contributed by atoms with Gasteiger partial charge in [-0.25, -0.2) is 9.97 Å². The first-order valence-electron chi connectivity index (χ1n) is 11.5. The number of hydrogen-bond acceptors (Lipinski definition) is 5. The van der Waals surface area contributed by atoms with Crippen LogP contribution in [0.4, 0.5) is 19.0 Å². The van der Waals surface area contributed by atoms with Gasteiger partial charge in [0.15, 0.2) is 0 Å². The maximum absolute atomic E-state index is 12.7. The summed E-state index contributed by atoms with van der Waals surface area (Å²) >= 11 is 0. The zero-order valence-corrected chi connectivity index (χ0v) is 18.3. The maximum Gasteiger partial charge on any atom is 0.401 e. The Bertz CT molecular complexity index is 1030. The molecule has 3 heterocycles. The highest BCUT2D eigenvalue weighted by Crippen LogP contribution is 2.69. The van der Waals surface area contributed by atoms with Crippen LogP contribution in [0.15, 0.2) is 18.5 Å². The molecule has 4 aliphatic carbocycles. The van der Waals surface area contributed by atoms with E-state index in [0.29, 0.717) is 24.8 Å². The molecule has 0 amide bonds. The molecule has 5 aliphatic rings. The molecule has 0 radical (unpaired) electrons. The van der Waals surface area contributed by atoms with Crippen LogP contribution < -0.4 is 5.73 Å². The van der Waals surface area contributed by atoms with E-state index in [1.807, 2.05) is 6.92 Å². The van der Waals surface area contributed by atoms with Gasteiger partial charge in [0.2, 0.25) is 0 Å². The second-order valence-electron chi connectivity index (χ2n) is 10.4. The van der Waals surface area contributed by atoms with Gasteiger partial charge in [0, 0.05) is 55.6 Å². The van der Waals surface area contributed by atoms with E-state index in [4.69, 9.17) is 10.7 Å². The SMILES string of the molecule is Cc1cc(-c2cn(C34CC(N5CCN(CC(F)(F)F)CC5)(C3)C4)c(C3CC3)n2)cnc1N. The smallest absolute Gasteiger partial charge is 0.383 e. The molecular formula is C23H29F3N6. The fraction of sp³-hybridized carbons (Fsp3) is 0.652. The Labute approximate surface area is 185 Å². The van der Waals surface area contributed by atoms with Crippen LogP contribution in [0.25, 0.3) is 11.3 Å². The topological polar surface area (TPSA) is 63.2 Å². The summed E-state index contributed by atoms with van der Waals surface area (Å²) in [4.78, 5) is 13.3. The van der Waals surface area contributed by atoms with Crippen LogP contribution in [0, 0.1) is 6.92 Å². The molecule has 1 saturated heterocycles. The first kappa shape index (κ1) is 20.5. The van der Waals surface area contributed by atoms with Crippen molar-refractivity contribution in [3.8, 4) is 11.3 Å². The summed E-state index contributed by atoms with van der Waals surface area (Å²) in [6, 6.07) is 2.05. The third-order valence-electron chi connectivity index (χ3n) is 8.02. The minimum absolute atomic E-state index is 0.128. The van der Waals surface area contributed by atoms with E-state index in [-0.39, 0.29) is 11.1 Å². The molecule has 172 valence electrons. The summed E-state index contributed by atoms with van der Waals surface area (Å²) < 4.78 is 40.5. The number of rotatable bonds is 5. The maximum atomic E-state index is 12.7. The summed E-state index contributed by atoms with van der Waals surface area (Å²) in [6.45, 7) is 3.63. The Hall–Kier alpha value is -2.13. The number of piperazine rings is 1. The monoisotopic (exact) mass is 446 g/mol. The van der Waals surface area contributed by atoms with Crippen LogP contribution >= 0.6 is 0 Å². The molecule has 6 nitrogen and oxygen atoms in total. The summed E-state index contributed by atoms with van der Waals surface area (Å²) in [5.74, 6) is 2.28. The lowest BCUT2D eigenvalue weighted by Crippen LogP contribution is -2.80. The fourth-order valence-corrected chi connectivity index (χ4v) is 6.18. The summed E-state index contributed by atoms with van der Waals surface area (Å²) in [5, 5.41) is 0. The van der Waals surface area contributed by atoms with Gasteiger partial charge in [0.25, 0.3) is 0 Å². The van der Waals surface area contributed by atoms with Crippen LogP contribution in [0.3, 0.4) is 0 Å². The highest BCUT2D eigenvalue weighted by atomic mass is 19.4. The predicted octanol–water partition coefficient (Wildman–Crippen LogP) is 3.52. The van der Waals surface area contributed by atoms with Gasteiger partial charge in [0.05, 0.1) is 17.8 Å². The number of nitrogens with two attached hydrogens (primary N) is 1. The Morgan fingerprint density at radius 3 is 2.38 bits per heavy atom. The van der Waals surface area contributed by atoms with Crippen molar-refractivity contribution >= 4 is 5.82 Å². The average molecular weight is 447 g/mol. The van der Waals surface area contributed by atoms with Crippen LogP contribution in [0.5, 0.6) is 0 Å². The summed E-state index contributed by atoms with van der Waals surface area (Å²) in [7, 11) is 0. The summed E-state index contributed by atoms with van der Waals surface area (Å²) in [5.41, 5.74) is 9.11. The van der Waals surface area contributed by atoms with Gasteiger partial charge in [-0.3, -0.25) is 9.80 Å². The van der Waals surface area contributed by atoms with Crippen LogP contribution in [0.2, 0.25) is 0 Å². The number of aryl methyl sites for hydroxylation is 1. The molecule has 0 atom stereocenters. The summed E-state index contributed by atoms with van der Waals surface area (Å²) in [6.07, 6.45) is 5.50.